The fraction of sp³-hybridized carbons (Fsp3) is 0.615. The molecule has 1 aromatic heterocycles. The molecule has 0 aromatic carbocycles. The maximum absolute atomic E-state index is 5.73. The van der Waals surface area contributed by atoms with Crippen molar-refractivity contribution in [3.05, 3.63) is 22.3 Å². The molecule has 2 atom stereocenters. The third-order valence-corrected chi connectivity index (χ3v) is 3.91. The van der Waals surface area contributed by atoms with Gasteiger partial charge in [-0.2, -0.15) is 0 Å². The van der Waals surface area contributed by atoms with Crippen LogP contribution in [0.25, 0.3) is 0 Å². The Balaban J connectivity index is 2.02. The van der Waals surface area contributed by atoms with Gasteiger partial charge in [-0.05, 0) is 61.7 Å². The van der Waals surface area contributed by atoms with Crippen LogP contribution in [0.3, 0.4) is 0 Å². The topological polar surface area (TPSA) is 34.2 Å². The van der Waals surface area contributed by atoms with Crippen LogP contribution in [0.5, 0.6) is 0 Å². The van der Waals surface area contributed by atoms with Crippen molar-refractivity contribution in [3.8, 4) is 0 Å². The van der Waals surface area contributed by atoms with Gasteiger partial charge < -0.3 is 10.1 Å². The lowest BCUT2D eigenvalue weighted by molar-refractivity contribution is -0.0338. The van der Waals surface area contributed by atoms with E-state index in [2.05, 4.69) is 40.1 Å². The van der Waals surface area contributed by atoms with E-state index in [9.17, 15) is 0 Å². The molecule has 0 amide bonds. The zero-order valence-corrected chi connectivity index (χ0v) is 12.1. The monoisotopic (exact) mass is 298 g/mol. The predicted molar refractivity (Wildman–Crippen MR) is 73.3 cm³/mol. The fourth-order valence-corrected chi connectivity index (χ4v) is 2.58. The van der Waals surface area contributed by atoms with Crippen molar-refractivity contribution < 1.29 is 4.74 Å². The normalized spacial score (nSPS) is 29.1. The van der Waals surface area contributed by atoms with E-state index < -0.39 is 0 Å². The third kappa shape index (κ3) is 3.42. The molecule has 0 spiro atoms. The van der Waals surface area contributed by atoms with Crippen LogP contribution in [0.4, 0.5) is 5.82 Å². The number of aryl methyl sites for hydroxylation is 1. The molecule has 1 N–H and O–H groups in total. The largest absolute Gasteiger partial charge is 0.375 e. The van der Waals surface area contributed by atoms with E-state index in [1.165, 1.54) is 0 Å². The molecule has 0 bridgehead atoms. The molecule has 4 heteroatoms. The predicted octanol–water partition coefficient (Wildman–Crippen LogP) is 3.52. The number of aromatic nitrogens is 1. The number of halogens is 1. The Kier molecular flexibility index (Phi) is 4.05. The molecule has 1 aromatic rings. The van der Waals surface area contributed by atoms with Gasteiger partial charge in [-0.1, -0.05) is 0 Å². The molecule has 0 aliphatic carbocycles. The van der Waals surface area contributed by atoms with Gasteiger partial charge in [-0.15, -0.1) is 0 Å². The average molecular weight is 299 g/mol. The molecule has 1 aliphatic rings. The number of ether oxygens (including phenoxy) is 1. The molecule has 2 unspecified atom stereocenters. The van der Waals surface area contributed by atoms with E-state index >= 15 is 0 Å². The Morgan fingerprint density at radius 3 is 2.53 bits per heavy atom. The minimum atomic E-state index is 0.327. The first kappa shape index (κ1) is 12.8. The van der Waals surface area contributed by atoms with Gasteiger partial charge in [-0.3, -0.25) is 0 Å². The summed E-state index contributed by atoms with van der Waals surface area (Å²) in [6, 6.07) is 4.51. The molecule has 0 saturated carbocycles. The van der Waals surface area contributed by atoms with E-state index in [1.54, 1.807) is 0 Å². The molecule has 1 fully saturated rings. The lowest BCUT2D eigenvalue weighted by atomic mass is 10.00. The van der Waals surface area contributed by atoms with Gasteiger partial charge in [0.2, 0.25) is 0 Å². The Hall–Kier alpha value is -0.610. The second kappa shape index (κ2) is 5.36. The van der Waals surface area contributed by atoms with Crippen molar-refractivity contribution in [1.29, 1.82) is 0 Å². The van der Waals surface area contributed by atoms with E-state index in [0.717, 1.165) is 28.8 Å². The third-order valence-electron chi connectivity index (χ3n) is 3.07. The Morgan fingerprint density at radius 1 is 1.29 bits per heavy atom. The highest BCUT2D eigenvalue weighted by molar-refractivity contribution is 9.10. The summed E-state index contributed by atoms with van der Waals surface area (Å²) < 4.78 is 6.78. The van der Waals surface area contributed by atoms with E-state index in [4.69, 9.17) is 4.74 Å². The van der Waals surface area contributed by atoms with Gasteiger partial charge in [0, 0.05) is 10.5 Å². The summed E-state index contributed by atoms with van der Waals surface area (Å²) in [5, 5.41) is 3.50. The summed E-state index contributed by atoms with van der Waals surface area (Å²) in [4.78, 5) is 4.52. The number of hydrogen-bond donors (Lipinski definition) is 1. The summed E-state index contributed by atoms with van der Waals surface area (Å²) in [5.41, 5.74) is 1.02. The molecule has 94 valence electrons. The van der Waals surface area contributed by atoms with Crippen molar-refractivity contribution >= 4 is 21.7 Å². The maximum atomic E-state index is 5.73. The van der Waals surface area contributed by atoms with E-state index in [-0.39, 0.29) is 0 Å². The van der Waals surface area contributed by atoms with Crippen molar-refractivity contribution in [1.82, 2.24) is 4.98 Å². The van der Waals surface area contributed by atoms with Crippen LogP contribution in [0.15, 0.2) is 16.6 Å². The van der Waals surface area contributed by atoms with Crippen LogP contribution in [0, 0.1) is 6.92 Å². The van der Waals surface area contributed by atoms with Crippen LogP contribution >= 0.6 is 15.9 Å². The van der Waals surface area contributed by atoms with Crippen molar-refractivity contribution in [2.24, 2.45) is 0 Å². The van der Waals surface area contributed by atoms with Crippen LogP contribution in [0.1, 0.15) is 32.4 Å². The molecule has 0 radical (unpaired) electrons. The highest BCUT2D eigenvalue weighted by Crippen LogP contribution is 2.23. The smallest absolute Gasteiger partial charge is 0.126 e. The highest BCUT2D eigenvalue weighted by Gasteiger charge is 2.24. The second-order valence-electron chi connectivity index (χ2n) is 4.83. The number of anilines is 1. The van der Waals surface area contributed by atoms with Crippen LogP contribution < -0.4 is 5.32 Å². The highest BCUT2D eigenvalue weighted by atomic mass is 79.9. The van der Waals surface area contributed by atoms with E-state index in [1.807, 2.05) is 19.1 Å². The molecule has 2 heterocycles. The Morgan fingerprint density at radius 2 is 1.94 bits per heavy atom. The maximum Gasteiger partial charge on any atom is 0.126 e. The summed E-state index contributed by atoms with van der Waals surface area (Å²) in [6.07, 6.45) is 2.74. The lowest BCUT2D eigenvalue weighted by Crippen LogP contribution is -2.37. The molecular weight excluding hydrogens is 280 g/mol. The number of nitrogens with one attached hydrogen (secondary N) is 1. The average Bonchev–Trinajstić information content (AvgIpc) is 2.22. The van der Waals surface area contributed by atoms with Gasteiger partial charge in [-0.25, -0.2) is 4.98 Å². The van der Waals surface area contributed by atoms with E-state index in [0.29, 0.717) is 18.2 Å². The molecular formula is C13H19BrN2O. The molecule has 17 heavy (non-hydrogen) atoms. The molecule has 1 aliphatic heterocycles. The standard InChI is InChI=1S/C13H19BrN2O/c1-8-6-11(7-9(2)17-8)16-13-5-4-12(14)10(3)15-13/h4-5,8-9,11H,6-7H2,1-3H3,(H,15,16). The first-order valence-electron chi connectivity index (χ1n) is 6.09. The second-order valence-corrected chi connectivity index (χ2v) is 5.69. The number of nitrogens with zero attached hydrogens (tertiary/aromatic N) is 1. The first-order valence-corrected chi connectivity index (χ1v) is 6.89. The number of pyridine rings is 1. The Bertz CT molecular complexity index is 387. The zero-order chi connectivity index (χ0) is 12.4. The summed E-state index contributed by atoms with van der Waals surface area (Å²) in [6.45, 7) is 6.26. The van der Waals surface area contributed by atoms with Gasteiger partial charge in [0.05, 0.1) is 17.9 Å². The van der Waals surface area contributed by atoms with Crippen LogP contribution in [-0.2, 0) is 4.74 Å². The van der Waals surface area contributed by atoms with Crippen molar-refractivity contribution in [3.63, 3.8) is 0 Å². The van der Waals surface area contributed by atoms with Crippen LogP contribution in [-0.4, -0.2) is 23.2 Å². The zero-order valence-electron chi connectivity index (χ0n) is 10.5. The number of rotatable bonds is 2. The molecule has 2 rings (SSSR count). The number of hydrogen-bond acceptors (Lipinski definition) is 3. The SMILES string of the molecule is Cc1nc(NC2CC(C)OC(C)C2)ccc1Br. The molecule has 1 saturated heterocycles. The fourth-order valence-electron chi connectivity index (χ4n) is 2.36. The van der Waals surface area contributed by atoms with Gasteiger partial charge in [0.15, 0.2) is 0 Å². The first-order chi connectivity index (χ1) is 8.04. The van der Waals surface area contributed by atoms with Gasteiger partial charge in [0.1, 0.15) is 5.82 Å². The lowest BCUT2D eigenvalue weighted by Gasteiger charge is -2.32. The summed E-state index contributed by atoms with van der Waals surface area (Å²) in [5.74, 6) is 0.956. The Labute approximate surface area is 111 Å². The minimum absolute atomic E-state index is 0.327. The van der Waals surface area contributed by atoms with Gasteiger partial charge >= 0.3 is 0 Å². The molecule has 3 nitrogen and oxygen atoms in total. The summed E-state index contributed by atoms with van der Waals surface area (Å²) >= 11 is 3.46. The minimum Gasteiger partial charge on any atom is -0.375 e. The van der Waals surface area contributed by atoms with Crippen molar-refractivity contribution in [2.75, 3.05) is 5.32 Å². The van der Waals surface area contributed by atoms with Gasteiger partial charge in [0.25, 0.3) is 0 Å². The quantitative estimate of drug-likeness (QED) is 0.907. The summed E-state index contributed by atoms with van der Waals surface area (Å²) in [7, 11) is 0. The van der Waals surface area contributed by atoms with Crippen LogP contribution in [0.2, 0.25) is 0 Å². The van der Waals surface area contributed by atoms with Crippen molar-refractivity contribution in [2.45, 2.75) is 51.9 Å².